The van der Waals surface area contributed by atoms with Crippen LogP contribution in [0.2, 0.25) is 0 Å². The molecule has 5 heteroatoms. The Balaban J connectivity index is 2.08. The lowest BCUT2D eigenvalue weighted by Gasteiger charge is -1.95. The molecule has 18 heavy (non-hydrogen) atoms. The van der Waals surface area contributed by atoms with Gasteiger partial charge in [0.05, 0.1) is 0 Å². The van der Waals surface area contributed by atoms with Crippen LogP contribution >= 0.6 is 0 Å². The van der Waals surface area contributed by atoms with E-state index >= 15 is 0 Å². The van der Waals surface area contributed by atoms with Crippen LogP contribution in [0.1, 0.15) is 0 Å². The average Bonchev–Trinajstić information content (AvgIpc) is 2.83. The minimum absolute atomic E-state index is 0.467. The summed E-state index contributed by atoms with van der Waals surface area (Å²) in [6.07, 6.45) is 2.31. The van der Waals surface area contributed by atoms with Gasteiger partial charge >= 0.3 is 0 Å². The minimum Gasteiger partial charge on any atom is -0.435 e. The van der Waals surface area contributed by atoms with Gasteiger partial charge < -0.3 is 9.73 Å². The molecule has 88 valence electrons. The molecule has 0 spiro atoms. The molecule has 0 aliphatic heterocycles. The summed E-state index contributed by atoms with van der Waals surface area (Å²) < 4.78 is 5.60. The second kappa shape index (κ2) is 4.29. The SMILES string of the molecule is O=CNc1ccc2oc(-c3ccccn3)nc2c1. The Hall–Kier alpha value is -2.69. The number of nitrogens with one attached hydrogen (secondary N) is 1. The van der Waals surface area contributed by atoms with E-state index in [1.165, 1.54) is 0 Å². The first-order valence-corrected chi connectivity index (χ1v) is 5.39. The number of hydrogen-bond acceptors (Lipinski definition) is 4. The van der Waals surface area contributed by atoms with Crippen molar-refractivity contribution in [3.63, 3.8) is 0 Å². The maximum Gasteiger partial charge on any atom is 0.246 e. The number of anilines is 1. The highest BCUT2D eigenvalue weighted by atomic mass is 16.3. The Labute approximate surface area is 102 Å². The fourth-order valence-electron chi connectivity index (χ4n) is 1.68. The molecular weight excluding hydrogens is 230 g/mol. The summed E-state index contributed by atoms with van der Waals surface area (Å²) in [5, 5.41) is 2.57. The van der Waals surface area contributed by atoms with Crippen molar-refractivity contribution in [3.8, 4) is 11.6 Å². The van der Waals surface area contributed by atoms with Crippen molar-refractivity contribution >= 4 is 23.2 Å². The third-order valence-electron chi connectivity index (χ3n) is 2.50. The Morgan fingerprint density at radius 3 is 2.94 bits per heavy atom. The Morgan fingerprint density at radius 1 is 1.22 bits per heavy atom. The fraction of sp³-hybridized carbons (Fsp3) is 0. The first kappa shape index (κ1) is 10.5. The van der Waals surface area contributed by atoms with Gasteiger partial charge in [-0.3, -0.25) is 9.78 Å². The van der Waals surface area contributed by atoms with E-state index < -0.39 is 0 Å². The summed E-state index contributed by atoms with van der Waals surface area (Å²) in [5.41, 5.74) is 2.70. The van der Waals surface area contributed by atoms with Gasteiger partial charge in [-0.2, -0.15) is 0 Å². The first-order chi connectivity index (χ1) is 8.86. The van der Waals surface area contributed by atoms with Gasteiger partial charge in [0, 0.05) is 11.9 Å². The van der Waals surface area contributed by atoms with Crippen LogP contribution < -0.4 is 5.32 Å². The summed E-state index contributed by atoms with van der Waals surface area (Å²) in [6.45, 7) is 0. The van der Waals surface area contributed by atoms with Gasteiger partial charge in [0.25, 0.3) is 0 Å². The third-order valence-corrected chi connectivity index (χ3v) is 2.50. The van der Waals surface area contributed by atoms with E-state index in [2.05, 4.69) is 15.3 Å². The van der Waals surface area contributed by atoms with Crippen LogP contribution in [0, 0.1) is 0 Å². The van der Waals surface area contributed by atoms with E-state index in [0.717, 1.165) is 0 Å². The lowest BCUT2D eigenvalue weighted by molar-refractivity contribution is -0.105. The van der Waals surface area contributed by atoms with Crippen LogP contribution in [0.5, 0.6) is 0 Å². The van der Waals surface area contributed by atoms with Crippen LogP contribution in [0.3, 0.4) is 0 Å². The molecule has 1 aromatic carbocycles. The van der Waals surface area contributed by atoms with Crippen molar-refractivity contribution in [1.29, 1.82) is 0 Å². The van der Waals surface area contributed by atoms with Gasteiger partial charge in [-0.25, -0.2) is 4.98 Å². The predicted octanol–water partition coefficient (Wildman–Crippen LogP) is 2.46. The number of hydrogen-bond donors (Lipinski definition) is 1. The van der Waals surface area contributed by atoms with Gasteiger partial charge in [0.1, 0.15) is 11.2 Å². The van der Waals surface area contributed by atoms with Crippen LogP contribution in [-0.2, 0) is 4.79 Å². The Bertz CT molecular complexity index is 692. The quantitative estimate of drug-likeness (QED) is 0.713. The number of aromatic nitrogens is 2. The molecule has 1 amide bonds. The molecule has 0 bridgehead atoms. The molecule has 0 saturated carbocycles. The molecule has 0 saturated heterocycles. The Kier molecular flexibility index (Phi) is 2.49. The number of nitrogens with zero attached hydrogens (tertiary/aromatic N) is 2. The van der Waals surface area contributed by atoms with Crippen molar-refractivity contribution in [2.45, 2.75) is 0 Å². The number of benzene rings is 1. The van der Waals surface area contributed by atoms with E-state index in [9.17, 15) is 4.79 Å². The maximum atomic E-state index is 10.4. The number of amides is 1. The molecule has 2 heterocycles. The van der Waals surface area contributed by atoms with Gasteiger partial charge in [-0.15, -0.1) is 0 Å². The molecule has 2 aromatic heterocycles. The molecule has 3 rings (SSSR count). The average molecular weight is 239 g/mol. The highest BCUT2D eigenvalue weighted by Gasteiger charge is 2.09. The number of carbonyl (C=O) groups is 1. The zero-order valence-corrected chi connectivity index (χ0v) is 9.33. The zero-order chi connectivity index (χ0) is 12.4. The molecule has 0 aliphatic rings. The molecule has 5 nitrogen and oxygen atoms in total. The summed E-state index contributed by atoms with van der Waals surface area (Å²) in [7, 11) is 0. The summed E-state index contributed by atoms with van der Waals surface area (Å²) >= 11 is 0. The summed E-state index contributed by atoms with van der Waals surface area (Å²) in [5.74, 6) is 0.467. The van der Waals surface area contributed by atoms with E-state index in [4.69, 9.17) is 4.42 Å². The number of fused-ring (bicyclic) bond motifs is 1. The lowest BCUT2D eigenvalue weighted by atomic mass is 10.3. The van der Waals surface area contributed by atoms with E-state index in [1.807, 2.05) is 18.2 Å². The summed E-state index contributed by atoms with van der Waals surface area (Å²) in [6, 6.07) is 10.8. The van der Waals surface area contributed by atoms with Crippen LogP contribution in [0.15, 0.2) is 47.0 Å². The largest absolute Gasteiger partial charge is 0.435 e. The lowest BCUT2D eigenvalue weighted by Crippen LogP contribution is -1.92. The molecule has 0 unspecified atom stereocenters. The monoisotopic (exact) mass is 239 g/mol. The van der Waals surface area contributed by atoms with Crippen molar-refractivity contribution < 1.29 is 9.21 Å². The fourth-order valence-corrected chi connectivity index (χ4v) is 1.68. The van der Waals surface area contributed by atoms with Crippen molar-refractivity contribution in [1.82, 2.24) is 9.97 Å². The second-order valence-electron chi connectivity index (χ2n) is 3.68. The summed E-state index contributed by atoms with van der Waals surface area (Å²) in [4.78, 5) is 18.9. The van der Waals surface area contributed by atoms with Crippen LogP contribution in [0.4, 0.5) is 5.69 Å². The van der Waals surface area contributed by atoms with Crippen molar-refractivity contribution in [3.05, 3.63) is 42.6 Å². The van der Waals surface area contributed by atoms with Gasteiger partial charge in [0.15, 0.2) is 5.58 Å². The van der Waals surface area contributed by atoms with Crippen molar-refractivity contribution in [2.24, 2.45) is 0 Å². The van der Waals surface area contributed by atoms with Crippen molar-refractivity contribution in [2.75, 3.05) is 5.32 Å². The van der Waals surface area contributed by atoms with Gasteiger partial charge in [-0.1, -0.05) is 6.07 Å². The first-order valence-electron chi connectivity index (χ1n) is 5.39. The minimum atomic E-state index is 0.467. The molecule has 0 fully saturated rings. The molecular formula is C13H9N3O2. The molecule has 0 aliphatic carbocycles. The van der Waals surface area contributed by atoms with E-state index in [1.54, 1.807) is 24.4 Å². The standard InChI is InChI=1S/C13H9N3O2/c17-8-15-9-4-5-12-11(7-9)16-13(18-12)10-3-1-2-6-14-10/h1-8H,(H,15,17). The maximum absolute atomic E-state index is 10.4. The number of pyridine rings is 1. The van der Waals surface area contributed by atoms with E-state index in [-0.39, 0.29) is 0 Å². The normalized spacial score (nSPS) is 10.4. The Morgan fingerprint density at radius 2 is 2.17 bits per heavy atom. The predicted molar refractivity (Wildman–Crippen MR) is 66.9 cm³/mol. The van der Waals surface area contributed by atoms with E-state index in [0.29, 0.717) is 34.8 Å². The highest BCUT2D eigenvalue weighted by Crippen LogP contribution is 2.24. The highest BCUT2D eigenvalue weighted by molar-refractivity contribution is 5.83. The number of oxazole rings is 1. The third kappa shape index (κ3) is 1.82. The molecule has 0 radical (unpaired) electrons. The smallest absolute Gasteiger partial charge is 0.246 e. The van der Waals surface area contributed by atoms with Crippen LogP contribution in [-0.4, -0.2) is 16.4 Å². The van der Waals surface area contributed by atoms with Crippen LogP contribution in [0.25, 0.3) is 22.7 Å². The molecule has 0 atom stereocenters. The van der Waals surface area contributed by atoms with Gasteiger partial charge in [0.2, 0.25) is 12.3 Å². The molecule has 3 aromatic rings. The second-order valence-corrected chi connectivity index (χ2v) is 3.68. The number of rotatable bonds is 3. The number of carbonyl (C=O) groups excluding carboxylic acids is 1. The topological polar surface area (TPSA) is 68.0 Å². The zero-order valence-electron chi connectivity index (χ0n) is 9.33. The van der Waals surface area contributed by atoms with Gasteiger partial charge in [-0.05, 0) is 30.3 Å². The molecule has 1 N–H and O–H groups in total.